The minimum absolute atomic E-state index is 0.0402. The lowest BCUT2D eigenvalue weighted by atomic mass is 10.0. The Morgan fingerprint density at radius 2 is 1.17 bits per heavy atom. The van der Waals surface area contributed by atoms with Crippen LogP contribution in [0.1, 0.15) is 116 Å². The highest BCUT2D eigenvalue weighted by Crippen LogP contribution is 2.13. The van der Waals surface area contributed by atoms with Gasteiger partial charge in [-0.25, -0.2) is 9.78 Å². The Labute approximate surface area is 185 Å². The number of rotatable bonds is 21. The van der Waals surface area contributed by atoms with Crippen LogP contribution in [0.3, 0.4) is 0 Å². The van der Waals surface area contributed by atoms with Crippen molar-refractivity contribution in [3.05, 3.63) is 18.7 Å². The maximum atomic E-state index is 11.7. The first-order valence-electron chi connectivity index (χ1n) is 12.8. The molecule has 0 radical (unpaired) electrons. The number of hydrogen-bond acceptors (Lipinski definition) is 2. The molecular weight excluding hydrogens is 372 g/mol. The molecule has 30 heavy (non-hydrogen) atoms. The first-order valence-corrected chi connectivity index (χ1v) is 12.8. The molecule has 1 rings (SSSR count). The molecule has 0 spiro atoms. The number of unbranched alkanes of at least 4 members (excludes halogenated alkanes) is 15. The molecule has 2 N–H and O–H groups in total. The Morgan fingerprint density at radius 3 is 1.63 bits per heavy atom. The molecule has 1 heterocycles. The predicted octanol–water partition coefficient (Wildman–Crippen LogP) is 6.83. The van der Waals surface area contributed by atoms with Gasteiger partial charge >= 0.3 is 6.03 Å². The fraction of sp³-hybridized carbons (Fsp3) is 0.840. The van der Waals surface area contributed by atoms with E-state index in [9.17, 15) is 4.79 Å². The zero-order chi connectivity index (χ0) is 21.5. The van der Waals surface area contributed by atoms with Gasteiger partial charge in [0.2, 0.25) is 0 Å². The van der Waals surface area contributed by atoms with Gasteiger partial charge in [-0.05, 0) is 12.8 Å². The molecule has 0 aliphatic carbocycles. The van der Waals surface area contributed by atoms with Gasteiger partial charge in [-0.1, -0.05) is 103 Å². The summed E-state index contributed by atoms with van der Waals surface area (Å²) in [4.78, 5) is 15.7. The standard InChI is InChI=1S/C25H48N4O/c1-2-3-4-5-6-7-8-9-10-11-12-13-14-15-16-17-19-27-25(30)28-20-18-22-29-23-21-26-24-29/h21,23-24H,2-20,22H2,1H3,(H2,27,28,30). The van der Waals surface area contributed by atoms with Crippen LogP contribution >= 0.6 is 0 Å². The lowest BCUT2D eigenvalue weighted by molar-refractivity contribution is 0.240. The number of aryl methyl sites for hydroxylation is 1. The first-order chi connectivity index (χ1) is 14.8. The van der Waals surface area contributed by atoms with E-state index in [-0.39, 0.29) is 6.03 Å². The largest absolute Gasteiger partial charge is 0.338 e. The minimum Gasteiger partial charge on any atom is -0.338 e. The maximum absolute atomic E-state index is 11.7. The number of carbonyl (C=O) groups excluding carboxylic acids is 1. The van der Waals surface area contributed by atoms with Gasteiger partial charge in [-0.15, -0.1) is 0 Å². The van der Waals surface area contributed by atoms with Gasteiger partial charge in [-0.2, -0.15) is 0 Å². The lowest BCUT2D eigenvalue weighted by Crippen LogP contribution is -2.36. The van der Waals surface area contributed by atoms with Crippen molar-refractivity contribution in [2.24, 2.45) is 0 Å². The normalized spacial score (nSPS) is 11.0. The van der Waals surface area contributed by atoms with Gasteiger partial charge in [0.25, 0.3) is 0 Å². The van der Waals surface area contributed by atoms with E-state index in [2.05, 4.69) is 22.5 Å². The van der Waals surface area contributed by atoms with Crippen LogP contribution in [0.4, 0.5) is 4.79 Å². The average molecular weight is 421 g/mol. The molecule has 5 heteroatoms. The van der Waals surface area contributed by atoms with E-state index >= 15 is 0 Å². The molecule has 0 unspecified atom stereocenters. The van der Waals surface area contributed by atoms with Crippen molar-refractivity contribution in [2.75, 3.05) is 13.1 Å². The van der Waals surface area contributed by atoms with Crippen molar-refractivity contribution in [2.45, 2.75) is 123 Å². The van der Waals surface area contributed by atoms with Crippen LogP contribution in [0.15, 0.2) is 18.7 Å². The third kappa shape index (κ3) is 17.3. The SMILES string of the molecule is CCCCCCCCCCCCCCCCCCNC(=O)NCCCn1ccnc1. The number of carbonyl (C=O) groups is 1. The molecule has 174 valence electrons. The number of urea groups is 1. The van der Waals surface area contributed by atoms with Crippen molar-refractivity contribution in [1.29, 1.82) is 0 Å². The van der Waals surface area contributed by atoms with E-state index in [1.807, 2.05) is 10.8 Å². The topological polar surface area (TPSA) is 59.0 Å². The summed E-state index contributed by atoms with van der Waals surface area (Å²) in [5, 5.41) is 5.87. The Kier molecular flexibility index (Phi) is 18.3. The fourth-order valence-corrected chi connectivity index (χ4v) is 3.82. The summed E-state index contributed by atoms with van der Waals surface area (Å²) in [7, 11) is 0. The molecule has 0 fully saturated rings. The molecule has 0 aliphatic rings. The zero-order valence-corrected chi connectivity index (χ0v) is 19.7. The Morgan fingerprint density at radius 1 is 0.700 bits per heavy atom. The van der Waals surface area contributed by atoms with Crippen molar-refractivity contribution in [1.82, 2.24) is 20.2 Å². The molecule has 0 saturated heterocycles. The second-order valence-electron chi connectivity index (χ2n) is 8.64. The first kappa shape index (κ1) is 26.5. The van der Waals surface area contributed by atoms with Crippen LogP contribution in [0.5, 0.6) is 0 Å². The van der Waals surface area contributed by atoms with Gasteiger partial charge in [0, 0.05) is 32.0 Å². The molecule has 0 saturated carbocycles. The summed E-state index contributed by atoms with van der Waals surface area (Å²) in [5.41, 5.74) is 0. The molecule has 5 nitrogen and oxygen atoms in total. The van der Waals surface area contributed by atoms with Crippen molar-refractivity contribution >= 4 is 6.03 Å². The number of hydrogen-bond donors (Lipinski definition) is 2. The van der Waals surface area contributed by atoms with Crippen LogP contribution in [0.2, 0.25) is 0 Å². The molecule has 2 amide bonds. The number of amides is 2. The Hall–Kier alpha value is -1.52. The second-order valence-corrected chi connectivity index (χ2v) is 8.64. The Balaban J connectivity index is 1.70. The molecule has 1 aromatic heterocycles. The van der Waals surface area contributed by atoms with Crippen molar-refractivity contribution in [3.63, 3.8) is 0 Å². The molecule has 0 aromatic carbocycles. The van der Waals surface area contributed by atoms with Crippen molar-refractivity contribution < 1.29 is 4.79 Å². The van der Waals surface area contributed by atoms with Gasteiger partial charge < -0.3 is 15.2 Å². The summed E-state index contributed by atoms with van der Waals surface area (Å²) >= 11 is 0. The molecule has 0 bridgehead atoms. The van der Waals surface area contributed by atoms with Crippen LogP contribution in [-0.4, -0.2) is 28.7 Å². The average Bonchev–Trinajstić information content (AvgIpc) is 3.27. The van der Waals surface area contributed by atoms with E-state index < -0.39 is 0 Å². The number of nitrogens with one attached hydrogen (secondary N) is 2. The summed E-state index contributed by atoms with van der Waals surface area (Å²) in [5.74, 6) is 0. The van der Waals surface area contributed by atoms with Gasteiger partial charge in [-0.3, -0.25) is 0 Å². The minimum atomic E-state index is -0.0402. The highest BCUT2D eigenvalue weighted by Gasteiger charge is 1.99. The van der Waals surface area contributed by atoms with Crippen LogP contribution in [-0.2, 0) is 6.54 Å². The Bertz CT molecular complexity index is 476. The smallest absolute Gasteiger partial charge is 0.314 e. The summed E-state index contributed by atoms with van der Waals surface area (Å²) in [6.07, 6.45) is 28.4. The van der Waals surface area contributed by atoms with Crippen LogP contribution < -0.4 is 10.6 Å². The van der Waals surface area contributed by atoms with Gasteiger partial charge in [0.05, 0.1) is 6.33 Å². The van der Waals surface area contributed by atoms with Crippen LogP contribution in [0, 0.1) is 0 Å². The molecule has 0 atom stereocenters. The van der Waals surface area contributed by atoms with Gasteiger partial charge in [0.15, 0.2) is 0 Å². The second kappa shape index (κ2) is 20.7. The van der Waals surface area contributed by atoms with E-state index in [4.69, 9.17) is 0 Å². The quantitative estimate of drug-likeness (QED) is 0.214. The number of imidazole rings is 1. The van der Waals surface area contributed by atoms with Crippen molar-refractivity contribution in [3.8, 4) is 0 Å². The predicted molar refractivity (Wildman–Crippen MR) is 128 cm³/mol. The van der Waals surface area contributed by atoms with E-state index in [1.54, 1.807) is 12.5 Å². The summed E-state index contributed by atoms with van der Waals surface area (Å²) < 4.78 is 2.02. The summed E-state index contributed by atoms with van der Waals surface area (Å²) in [6.45, 7) is 4.65. The van der Waals surface area contributed by atoms with E-state index in [0.29, 0.717) is 6.54 Å². The molecule has 1 aromatic rings. The highest BCUT2D eigenvalue weighted by atomic mass is 16.2. The van der Waals surface area contributed by atoms with Gasteiger partial charge in [0.1, 0.15) is 0 Å². The third-order valence-electron chi connectivity index (χ3n) is 5.75. The van der Waals surface area contributed by atoms with E-state index in [1.165, 1.54) is 96.3 Å². The lowest BCUT2D eigenvalue weighted by Gasteiger charge is -2.08. The third-order valence-corrected chi connectivity index (χ3v) is 5.75. The zero-order valence-electron chi connectivity index (χ0n) is 19.7. The monoisotopic (exact) mass is 420 g/mol. The number of aromatic nitrogens is 2. The van der Waals surface area contributed by atoms with Crippen LogP contribution in [0.25, 0.3) is 0 Å². The van der Waals surface area contributed by atoms with E-state index in [0.717, 1.165) is 25.9 Å². The summed E-state index contributed by atoms with van der Waals surface area (Å²) in [6, 6.07) is -0.0402. The highest BCUT2D eigenvalue weighted by molar-refractivity contribution is 5.73. The maximum Gasteiger partial charge on any atom is 0.314 e. The number of nitrogens with zero attached hydrogens (tertiary/aromatic N) is 2. The fourth-order valence-electron chi connectivity index (χ4n) is 3.82. The molecule has 0 aliphatic heterocycles. The molecular formula is C25H48N4O.